The van der Waals surface area contributed by atoms with Gasteiger partial charge in [-0.2, -0.15) is 13.2 Å². The number of quaternary nitrogens is 1. The van der Waals surface area contributed by atoms with Gasteiger partial charge in [0.2, 0.25) is 5.91 Å². The van der Waals surface area contributed by atoms with Crippen molar-refractivity contribution in [3.05, 3.63) is 59.5 Å². The van der Waals surface area contributed by atoms with Crippen LogP contribution in [0, 0.1) is 0 Å². The zero-order valence-corrected chi connectivity index (χ0v) is 13.5. The van der Waals surface area contributed by atoms with Crippen molar-refractivity contribution < 1.29 is 27.3 Å². The molecule has 0 aliphatic heterocycles. The summed E-state index contributed by atoms with van der Waals surface area (Å²) >= 11 is 0. The molecule has 1 aromatic carbocycles. The third-order valence-corrected chi connectivity index (χ3v) is 3.71. The van der Waals surface area contributed by atoms with Crippen molar-refractivity contribution in [1.82, 2.24) is 5.32 Å². The third-order valence-electron chi connectivity index (χ3n) is 3.71. The van der Waals surface area contributed by atoms with Gasteiger partial charge in [-0.05, 0) is 23.8 Å². The van der Waals surface area contributed by atoms with Crippen LogP contribution in [0.4, 0.5) is 13.2 Å². The molecule has 130 valence electrons. The fourth-order valence-electron chi connectivity index (χ4n) is 2.40. The number of carbonyl (C=O) groups is 1. The number of rotatable bonds is 6. The van der Waals surface area contributed by atoms with E-state index in [-0.39, 0.29) is 18.4 Å². The molecule has 1 atom stereocenters. The zero-order chi connectivity index (χ0) is 17.7. The van der Waals surface area contributed by atoms with E-state index >= 15 is 0 Å². The maximum Gasteiger partial charge on any atom is 0.416 e. The highest BCUT2D eigenvalue weighted by Crippen LogP contribution is 2.29. The average molecular weight is 341 g/mol. The molecule has 4 nitrogen and oxygen atoms in total. The minimum atomic E-state index is -4.41. The molecule has 0 aliphatic carbocycles. The second kappa shape index (κ2) is 7.53. The SMILES string of the molecule is C[NH+](C)[C@H](CNC(=O)Cc1cccc(C(F)(F)F)c1)c1ccco1. The molecule has 0 radical (unpaired) electrons. The fraction of sp³-hybridized carbons (Fsp3) is 0.353. The minimum Gasteiger partial charge on any atom is -0.463 e. The van der Waals surface area contributed by atoms with E-state index < -0.39 is 11.7 Å². The van der Waals surface area contributed by atoms with Gasteiger partial charge in [0.25, 0.3) is 0 Å². The standard InChI is InChI=1S/C17H19F3N2O2/c1-22(2)14(15-7-4-8-24-15)11-21-16(23)10-12-5-3-6-13(9-12)17(18,19)20/h3-9,14H,10-11H2,1-2H3,(H,21,23)/p+1/t14-/m1/s1. The van der Waals surface area contributed by atoms with Crippen LogP contribution >= 0.6 is 0 Å². The Hall–Kier alpha value is -2.28. The van der Waals surface area contributed by atoms with Gasteiger partial charge >= 0.3 is 6.18 Å². The fourth-order valence-corrected chi connectivity index (χ4v) is 2.40. The Bertz CT molecular complexity index is 667. The summed E-state index contributed by atoms with van der Waals surface area (Å²) in [6.45, 7) is 0.341. The Morgan fingerprint density at radius 2 is 2.00 bits per heavy atom. The van der Waals surface area contributed by atoms with Crippen LogP contribution in [-0.4, -0.2) is 26.5 Å². The lowest BCUT2D eigenvalue weighted by Crippen LogP contribution is -3.07. The molecule has 2 rings (SSSR count). The average Bonchev–Trinajstić information content (AvgIpc) is 3.00. The van der Waals surface area contributed by atoms with Gasteiger partial charge in [-0.25, -0.2) is 0 Å². The van der Waals surface area contributed by atoms with Gasteiger partial charge in [0.1, 0.15) is 0 Å². The highest BCUT2D eigenvalue weighted by Gasteiger charge is 2.30. The number of carbonyl (C=O) groups excluding carboxylic acids is 1. The summed E-state index contributed by atoms with van der Waals surface area (Å²) in [5.74, 6) is 0.418. The normalized spacial score (nSPS) is 13.1. The first-order valence-electron chi connectivity index (χ1n) is 7.53. The van der Waals surface area contributed by atoms with Crippen LogP contribution in [0.5, 0.6) is 0 Å². The minimum absolute atomic E-state index is 0.0644. The molecule has 1 aromatic heterocycles. The van der Waals surface area contributed by atoms with Crippen molar-refractivity contribution in [2.45, 2.75) is 18.6 Å². The summed E-state index contributed by atoms with van der Waals surface area (Å²) < 4.78 is 43.4. The zero-order valence-electron chi connectivity index (χ0n) is 13.5. The maximum absolute atomic E-state index is 12.7. The van der Waals surface area contributed by atoms with Gasteiger partial charge in [-0.1, -0.05) is 18.2 Å². The topological polar surface area (TPSA) is 46.7 Å². The molecule has 0 bridgehead atoms. The Kier molecular flexibility index (Phi) is 5.66. The van der Waals surface area contributed by atoms with E-state index in [4.69, 9.17) is 4.42 Å². The number of likely N-dealkylation sites (N-methyl/N-ethyl adjacent to an activating group) is 1. The molecule has 0 fully saturated rings. The molecule has 2 aromatic rings. The number of furan rings is 1. The van der Waals surface area contributed by atoms with Crippen LogP contribution in [-0.2, 0) is 17.4 Å². The molecular weight excluding hydrogens is 321 g/mol. The lowest BCUT2D eigenvalue weighted by atomic mass is 10.1. The third kappa shape index (κ3) is 4.86. The first-order valence-corrected chi connectivity index (χ1v) is 7.53. The Labute approximate surface area is 138 Å². The molecule has 2 N–H and O–H groups in total. The number of hydrogen-bond acceptors (Lipinski definition) is 2. The highest BCUT2D eigenvalue weighted by atomic mass is 19.4. The predicted octanol–water partition coefficient (Wildman–Crippen LogP) is 1.84. The van der Waals surface area contributed by atoms with E-state index in [1.165, 1.54) is 12.1 Å². The van der Waals surface area contributed by atoms with E-state index in [1.807, 2.05) is 20.2 Å². The summed E-state index contributed by atoms with van der Waals surface area (Å²) in [5.41, 5.74) is -0.423. The first kappa shape index (κ1) is 18.1. The highest BCUT2D eigenvalue weighted by molar-refractivity contribution is 5.78. The van der Waals surface area contributed by atoms with E-state index in [0.717, 1.165) is 22.8 Å². The van der Waals surface area contributed by atoms with Crippen LogP contribution in [0.1, 0.15) is 22.9 Å². The molecule has 0 spiro atoms. The van der Waals surface area contributed by atoms with Crippen molar-refractivity contribution in [1.29, 1.82) is 0 Å². The number of halogens is 3. The molecular formula is C17H20F3N2O2+. The Morgan fingerprint density at radius 1 is 1.25 bits per heavy atom. The van der Waals surface area contributed by atoms with E-state index in [9.17, 15) is 18.0 Å². The van der Waals surface area contributed by atoms with Gasteiger partial charge in [0.05, 0.1) is 38.9 Å². The lowest BCUT2D eigenvalue weighted by Gasteiger charge is -2.19. The number of hydrogen-bond donors (Lipinski definition) is 2. The molecule has 0 unspecified atom stereocenters. The Balaban J connectivity index is 1.96. The lowest BCUT2D eigenvalue weighted by molar-refractivity contribution is -0.891. The summed E-state index contributed by atoms with van der Waals surface area (Å²) in [5, 5.41) is 2.76. The van der Waals surface area contributed by atoms with Gasteiger partial charge in [0, 0.05) is 0 Å². The van der Waals surface area contributed by atoms with Crippen molar-refractivity contribution in [2.24, 2.45) is 0 Å². The van der Waals surface area contributed by atoms with E-state index in [1.54, 1.807) is 12.3 Å². The van der Waals surface area contributed by atoms with Crippen LogP contribution < -0.4 is 10.2 Å². The molecule has 0 saturated heterocycles. The van der Waals surface area contributed by atoms with Crippen molar-refractivity contribution in [3.8, 4) is 0 Å². The van der Waals surface area contributed by atoms with Crippen molar-refractivity contribution >= 4 is 5.91 Å². The van der Waals surface area contributed by atoms with Crippen LogP contribution in [0.15, 0.2) is 47.1 Å². The molecule has 1 heterocycles. The second-order valence-corrected chi connectivity index (χ2v) is 5.82. The largest absolute Gasteiger partial charge is 0.463 e. The Morgan fingerprint density at radius 3 is 2.58 bits per heavy atom. The first-order chi connectivity index (χ1) is 11.3. The summed E-state index contributed by atoms with van der Waals surface area (Å²) in [7, 11) is 3.87. The van der Waals surface area contributed by atoms with E-state index in [2.05, 4.69) is 5.32 Å². The predicted molar refractivity (Wildman–Crippen MR) is 82.4 cm³/mol. The molecule has 0 saturated carbocycles. The summed E-state index contributed by atoms with van der Waals surface area (Å²) in [6.07, 6.45) is -2.95. The number of amides is 1. The van der Waals surface area contributed by atoms with Gasteiger partial charge in [0.15, 0.2) is 11.8 Å². The van der Waals surface area contributed by atoms with Crippen LogP contribution in [0.3, 0.4) is 0 Å². The van der Waals surface area contributed by atoms with Crippen molar-refractivity contribution in [2.75, 3.05) is 20.6 Å². The summed E-state index contributed by atoms with van der Waals surface area (Å²) in [6, 6.07) is 8.35. The van der Waals surface area contributed by atoms with Crippen LogP contribution in [0.2, 0.25) is 0 Å². The van der Waals surface area contributed by atoms with Crippen molar-refractivity contribution in [3.63, 3.8) is 0 Å². The molecule has 24 heavy (non-hydrogen) atoms. The van der Waals surface area contributed by atoms with Gasteiger partial charge in [-0.3, -0.25) is 4.79 Å². The molecule has 7 heteroatoms. The number of benzene rings is 1. The second-order valence-electron chi connectivity index (χ2n) is 5.82. The molecule has 1 amide bonds. The van der Waals surface area contributed by atoms with Gasteiger partial charge < -0.3 is 14.6 Å². The smallest absolute Gasteiger partial charge is 0.416 e. The van der Waals surface area contributed by atoms with Gasteiger partial charge in [-0.15, -0.1) is 0 Å². The summed E-state index contributed by atoms with van der Waals surface area (Å²) in [4.78, 5) is 13.1. The number of nitrogens with one attached hydrogen (secondary N) is 2. The maximum atomic E-state index is 12.7. The monoisotopic (exact) mass is 341 g/mol. The van der Waals surface area contributed by atoms with E-state index in [0.29, 0.717) is 12.1 Å². The quantitative estimate of drug-likeness (QED) is 0.842. The van der Waals surface area contributed by atoms with Crippen LogP contribution in [0.25, 0.3) is 0 Å². The molecule has 0 aliphatic rings. The number of alkyl halides is 3.